The molecule has 184 valence electrons. The normalized spacial score (nSPS) is 24.6. The van der Waals surface area contributed by atoms with Crippen LogP contribution in [0.5, 0.6) is 5.75 Å². The maximum absolute atomic E-state index is 13.1. The quantitative estimate of drug-likeness (QED) is 0.428. The number of nitrogens with one attached hydrogen (secondary N) is 1. The fourth-order valence-electron chi connectivity index (χ4n) is 5.13. The molecule has 3 aromatic rings. The number of azo groups is 1. The number of aromatic hydroxyl groups is 1. The Morgan fingerprint density at radius 2 is 1.86 bits per heavy atom. The third-order valence-electron chi connectivity index (χ3n) is 7.28. The van der Waals surface area contributed by atoms with Gasteiger partial charge in [-0.25, -0.2) is 4.68 Å². The van der Waals surface area contributed by atoms with E-state index in [-0.39, 0.29) is 35.5 Å². The largest absolute Gasteiger partial charge is 0.505 e. The summed E-state index contributed by atoms with van der Waals surface area (Å²) in [5.41, 5.74) is 4.76. The molecular formula is C27H32N4O4. The van der Waals surface area contributed by atoms with Gasteiger partial charge >= 0.3 is 0 Å². The first-order valence-electron chi connectivity index (χ1n) is 12.3. The summed E-state index contributed by atoms with van der Waals surface area (Å²) in [6, 6.07) is 11.4. The molecule has 1 aliphatic heterocycles. The van der Waals surface area contributed by atoms with Crippen molar-refractivity contribution in [2.75, 3.05) is 0 Å². The smallest absolute Gasteiger partial charge is 0.299 e. The molecule has 2 aromatic carbocycles. The van der Waals surface area contributed by atoms with Crippen LogP contribution in [0.2, 0.25) is 0 Å². The average Bonchev–Trinajstić information content (AvgIpc) is 3.11. The van der Waals surface area contributed by atoms with Crippen LogP contribution in [-0.2, 0) is 9.47 Å². The van der Waals surface area contributed by atoms with Crippen molar-refractivity contribution in [1.29, 1.82) is 0 Å². The van der Waals surface area contributed by atoms with Gasteiger partial charge in [-0.15, -0.1) is 10.2 Å². The van der Waals surface area contributed by atoms with E-state index in [9.17, 15) is 9.90 Å². The van der Waals surface area contributed by atoms with Gasteiger partial charge in [0, 0.05) is 5.92 Å². The Balaban J connectivity index is 1.38. The van der Waals surface area contributed by atoms with Crippen LogP contribution in [0.15, 0.2) is 51.4 Å². The molecule has 0 radical (unpaired) electrons. The molecule has 2 unspecified atom stereocenters. The number of phenols is 1. The first kappa shape index (κ1) is 23.5. The summed E-state index contributed by atoms with van der Waals surface area (Å²) in [6.07, 6.45) is 3.72. The molecule has 1 aliphatic carbocycles. The second kappa shape index (κ2) is 9.43. The minimum Gasteiger partial charge on any atom is -0.505 e. The van der Waals surface area contributed by atoms with Crippen molar-refractivity contribution < 1.29 is 14.6 Å². The first-order valence-corrected chi connectivity index (χ1v) is 12.3. The molecule has 2 aliphatic rings. The molecule has 8 nitrogen and oxygen atoms in total. The monoisotopic (exact) mass is 476 g/mol. The zero-order valence-corrected chi connectivity index (χ0v) is 20.6. The predicted molar refractivity (Wildman–Crippen MR) is 133 cm³/mol. The summed E-state index contributed by atoms with van der Waals surface area (Å²) in [5.74, 6) is 0.636. The summed E-state index contributed by atoms with van der Waals surface area (Å²) in [4.78, 5) is 13.1. The van der Waals surface area contributed by atoms with Crippen LogP contribution >= 0.6 is 0 Å². The Bertz CT molecular complexity index is 1320. The van der Waals surface area contributed by atoms with E-state index in [1.807, 2.05) is 51.1 Å². The van der Waals surface area contributed by atoms with Crippen molar-refractivity contribution >= 4 is 11.4 Å². The average molecular weight is 477 g/mol. The SMILES string of the molecule is Cc1ccc(-n2[nH]c(C)c(N=Nc3cccc(C4CCCC(C5OC(C)O5)C4)c3O)c2=O)cc1C. The maximum atomic E-state index is 13.1. The number of benzene rings is 2. The van der Waals surface area contributed by atoms with Gasteiger partial charge in [0.15, 0.2) is 18.3 Å². The number of para-hydroxylation sites is 1. The molecule has 2 fully saturated rings. The van der Waals surface area contributed by atoms with Crippen molar-refractivity contribution in [2.24, 2.45) is 16.1 Å². The zero-order valence-electron chi connectivity index (χ0n) is 20.6. The van der Waals surface area contributed by atoms with Gasteiger partial charge in [0.2, 0.25) is 0 Å². The molecule has 2 heterocycles. The first-order chi connectivity index (χ1) is 16.8. The molecule has 1 saturated carbocycles. The second-order valence-electron chi connectivity index (χ2n) is 9.74. The van der Waals surface area contributed by atoms with E-state index in [1.165, 1.54) is 4.68 Å². The van der Waals surface area contributed by atoms with Gasteiger partial charge in [-0.1, -0.05) is 24.6 Å². The number of nitrogens with zero attached hydrogens (tertiary/aromatic N) is 3. The van der Waals surface area contributed by atoms with Crippen LogP contribution in [0, 0.1) is 26.7 Å². The fourth-order valence-corrected chi connectivity index (χ4v) is 5.13. The van der Waals surface area contributed by atoms with Crippen LogP contribution in [0.4, 0.5) is 11.4 Å². The molecule has 1 aromatic heterocycles. The number of aryl methyl sites for hydroxylation is 3. The molecule has 2 atom stereocenters. The van der Waals surface area contributed by atoms with Gasteiger partial charge in [0.1, 0.15) is 11.4 Å². The molecule has 0 bridgehead atoms. The number of hydrogen-bond acceptors (Lipinski definition) is 6. The van der Waals surface area contributed by atoms with Crippen LogP contribution in [0.1, 0.15) is 60.9 Å². The van der Waals surface area contributed by atoms with Gasteiger partial charge in [-0.2, -0.15) is 0 Å². The highest BCUT2D eigenvalue weighted by Gasteiger charge is 2.38. The maximum Gasteiger partial charge on any atom is 0.299 e. The Hall–Kier alpha value is -3.23. The number of hydrogen-bond donors (Lipinski definition) is 2. The molecule has 5 rings (SSSR count). The zero-order chi connectivity index (χ0) is 24.7. The third kappa shape index (κ3) is 4.56. The highest BCUT2D eigenvalue weighted by molar-refractivity contribution is 5.56. The topological polar surface area (TPSA) is 101 Å². The Labute approximate surface area is 204 Å². The predicted octanol–water partition coefficient (Wildman–Crippen LogP) is 6.20. The van der Waals surface area contributed by atoms with Crippen molar-refractivity contribution in [3.05, 3.63) is 69.1 Å². The van der Waals surface area contributed by atoms with Crippen LogP contribution in [-0.4, -0.2) is 27.5 Å². The summed E-state index contributed by atoms with van der Waals surface area (Å²) in [5, 5.41) is 22.6. The number of H-pyrrole nitrogens is 1. The third-order valence-corrected chi connectivity index (χ3v) is 7.28. The fraction of sp³-hybridized carbons (Fsp3) is 0.444. The van der Waals surface area contributed by atoms with E-state index >= 15 is 0 Å². The molecule has 0 amide bonds. The summed E-state index contributed by atoms with van der Waals surface area (Å²) < 4.78 is 12.9. The molecular weight excluding hydrogens is 444 g/mol. The number of aromatic amines is 1. The highest BCUT2D eigenvalue weighted by Crippen LogP contribution is 2.45. The Morgan fingerprint density at radius 1 is 1.06 bits per heavy atom. The van der Waals surface area contributed by atoms with Crippen molar-refractivity contribution in [3.63, 3.8) is 0 Å². The number of aromatic nitrogens is 2. The van der Waals surface area contributed by atoms with E-state index in [2.05, 4.69) is 15.3 Å². The Morgan fingerprint density at radius 3 is 2.60 bits per heavy atom. The van der Waals surface area contributed by atoms with Gasteiger partial charge in [-0.05, 0) is 87.8 Å². The van der Waals surface area contributed by atoms with E-state index in [0.717, 1.165) is 48.1 Å². The molecule has 0 spiro atoms. The standard InChI is InChI=1S/C27H32N4O4/c1-15-11-12-21(13-16(15)2)31-26(33)24(17(3)30-31)29-28-23-10-6-9-22(25(23)32)19-7-5-8-20(14-19)27-34-18(4)35-27/h6,9-13,18-20,27,30,32H,5,7-8,14H2,1-4H3. The van der Waals surface area contributed by atoms with Gasteiger partial charge in [0.05, 0.1) is 11.4 Å². The molecule has 8 heteroatoms. The van der Waals surface area contributed by atoms with E-state index in [1.54, 1.807) is 13.0 Å². The minimum atomic E-state index is -0.282. The lowest BCUT2D eigenvalue weighted by atomic mass is 9.77. The van der Waals surface area contributed by atoms with Crippen LogP contribution in [0.3, 0.4) is 0 Å². The lowest BCUT2D eigenvalue weighted by Crippen LogP contribution is -2.45. The second-order valence-corrected chi connectivity index (χ2v) is 9.74. The minimum absolute atomic E-state index is 0.119. The summed E-state index contributed by atoms with van der Waals surface area (Å²) >= 11 is 0. The summed E-state index contributed by atoms with van der Waals surface area (Å²) in [6.45, 7) is 7.74. The van der Waals surface area contributed by atoms with Crippen LogP contribution < -0.4 is 5.56 Å². The lowest BCUT2D eigenvalue weighted by Gasteiger charge is -2.42. The molecule has 1 saturated heterocycles. The number of ether oxygens (including phenoxy) is 2. The summed E-state index contributed by atoms with van der Waals surface area (Å²) in [7, 11) is 0. The van der Waals surface area contributed by atoms with Crippen molar-refractivity contribution in [1.82, 2.24) is 9.78 Å². The number of phenolic OH excluding ortho intramolecular Hbond substituents is 1. The molecule has 2 N–H and O–H groups in total. The van der Waals surface area contributed by atoms with E-state index in [4.69, 9.17) is 9.47 Å². The van der Waals surface area contributed by atoms with Gasteiger partial charge in [0.25, 0.3) is 5.56 Å². The van der Waals surface area contributed by atoms with Crippen molar-refractivity contribution in [3.8, 4) is 11.4 Å². The van der Waals surface area contributed by atoms with E-state index < -0.39 is 0 Å². The van der Waals surface area contributed by atoms with Gasteiger partial charge < -0.3 is 14.6 Å². The number of rotatable bonds is 5. The van der Waals surface area contributed by atoms with Crippen molar-refractivity contribution in [2.45, 2.75) is 71.9 Å². The van der Waals surface area contributed by atoms with E-state index in [0.29, 0.717) is 17.3 Å². The van der Waals surface area contributed by atoms with Crippen LogP contribution in [0.25, 0.3) is 5.69 Å². The highest BCUT2D eigenvalue weighted by atomic mass is 16.9. The molecule has 35 heavy (non-hydrogen) atoms. The van der Waals surface area contributed by atoms with Gasteiger partial charge in [-0.3, -0.25) is 9.89 Å². The lowest BCUT2D eigenvalue weighted by molar-refractivity contribution is -0.394. The Kier molecular flexibility index (Phi) is 6.34.